The fourth-order valence-electron chi connectivity index (χ4n) is 3.24. The quantitative estimate of drug-likeness (QED) is 0.382. The van der Waals surface area contributed by atoms with E-state index in [0.717, 1.165) is 41.6 Å². The number of amides is 2. The highest BCUT2D eigenvalue weighted by molar-refractivity contribution is 8.18. The molecule has 4 heterocycles. The monoisotopic (exact) mass is 422 g/mol. The molecule has 30 heavy (non-hydrogen) atoms. The maximum Gasteiger partial charge on any atom is 0.293 e. The van der Waals surface area contributed by atoms with Gasteiger partial charge >= 0.3 is 0 Å². The third kappa shape index (κ3) is 4.71. The van der Waals surface area contributed by atoms with Gasteiger partial charge in [-0.15, -0.1) is 0 Å². The highest BCUT2D eigenvalue weighted by atomic mass is 32.2. The van der Waals surface area contributed by atoms with Gasteiger partial charge in [-0.05, 0) is 61.2 Å². The highest BCUT2D eigenvalue weighted by Crippen LogP contribution is 2.31. The van der Waals surface area contributed by atoms with E-state index in [-0.39, 0.29) is 11.1 Å². The first-order valence-corrected chi connectivity index (χ1v) is 10.7. The van der Waals surface area contributed by atoms with Gasteiger partial charge in [0.25, 0.3) is 11.1 Å². The molecule has 0 aliphatic carbocycles. The van der Waals surface area contributed by atoms with E-state index in [1.807, 2.05) is 53.3 Å². The van der Waals surface area contributed by atoms with Crippen molar-refractivity contribution in [2.75, 3.05) is 13.2 Å². The summed E-state index contributed by atoms with van der Waals surface area (Å²) >= 11 is 1.02. The van der Waals surface area contributed by atoms with E-state index in [9.17, 15) is 9.59 Å². The Morgan fingerprint density at radius 2 is 2.03 bits per heavy atom. The molecule has 4 rings (SSSR count). The number of imidazole rings is 1. The number of aromatic nitrogens is 3. The summed E-state index contributed by atoms with van der Waals surface area (Å²) in [6.45, 7) is 0.908. The molecule has 0 aromatic carbocycles. The number of pyridine rings is 2. The Morgan fingerprint density at radius 1 is 1.10 bits per heavy atom. The zero-order valence-electron chi connectivity index (χ0n) is 16.4. The van der Waals surface area contributed by atoms with Gasteiger partial charge in [-0.3, -0.25) is 19.5 Å². The number of carbonyl (C=O) groups is 2. The molecule has 0 saturated carbocycles. The molecule has 0 N–H and O–H groups in total. The van der Waals surface area contributed by atoms with E-state index in [1.54, 1.807) is 12.4 Å². The van der Waals surface area contributed by atoms with Gasteiger partial charge < -0.3 is 9.14 Å². The Bertz CT molecular complexity index is 1060. The number of nitrogens with zero attached hydrogens (tertiary/aromatic N) is 4. The van der Waals surface area contributed by atoms with Crippen molar-refractivity contribution in [1.82, 2.24) is 19.3 Å². The lowest BCUT2D eigenvalue weighted by molar-refractivity contribution is -0.122. The molecule has 154 valence electrons. The standard InChI is InChI=1S/C22H22N4O3S/c27-21-19(9-3-6-17-7-4-10-23-16-17)30-22(28)26(21)13-1-2-15-29-18-8-5-12-25-14-11-24-20(18)25/h4-5,7-12,14,16H,1-3,6,13,15H2. The number of hydrogen-bond acceptors (Lipinski definition) is 6. The van der Waals surface area contributed by atoms with E-state index < -0.39 is 0 Å². The number of hydrogen-bond donors (Lipinski definition) is 0. The minimum Gasteiger partial charge on any atom is -0.490 e. The summed E-state index contributed by atoms with van der Waals surface area (Å²) in [4.78, 5) is 34.9. The van der Waals surface area contributed by atoms with Crippen molar-refractivity contribution in [3.8, 4) is 5.75 Å². The number of imide groups is 1. The first kappa shape index (κ1) is 20.2. The van der Waals surface area contributed by atoms with Crippen molar-refractivity contribution in [2.24, 2.45) is 0 Å². The Balaban J connectivity index is 1.22. The van der Waals surface area contributed by atoms with E-state index >= 15 is 0 Å². The van der Waals surface area contributed by atoms with Gasteiger partial charge in [-0.1, -0.05) is 12.1 Å². The zero-order valence-corrected chi connectivity index (χ0v) is 17.3. The van der Waals surface area contributed by atoms with Crippen molar-refractivity contribution in [3.63, 3.8) is 0 Å². The van der Waals surface area contributed by atoms with Gasteiger partial charge in [0.05, 0.1) is 11.5 Å². The van der Waals surface area contributed by atoms with Crippen LogP contribution in [0.1, 0.15) is 24.8 Å². The number of carbonyl (C=O) groups excluding carboxylic acids is 2. The average Bonchev–Trinajstić information content (AvgIpc) is 3.34. The average molecular weight is 423 g/mol. The fourth-order valence-corrected chi connectivity index (χ4v) is 4.11. The number of fused-ring (bicyclic) bond motifs is 1. The molecule has 0 bridgehead atoms. The Morgan fingerprint density at radius 3 is 2.90 bits per heavy atom. The first-order chi connectivity index (χ1) is 14.7. The van der Waals surface area contributed by atoms with E-state index in [1.165, 1.54) is 4.90 Å². The van der Waals surface area contributed by atoms with Crippen LogP contribution in [0.15, 0.2) is 66.2 Å². The molecule has 2 amide bonds. The molecule has 7 nitrogen and oxygen atoms in total. The minimum atomic E-state index is -0.198. The summed E-state index contributed by atoms with van der Waals surface area (Å²) in [6.07, 6.45) is 13.8. The lowest BCUT2D eigenvalue weighted by atomic mass is 10.1. The lowest BCUT2D eigenvalue weighted by Gasteiger charge is -2.12. The maximum atomic E-state index is 12.5. The third-order valence-electron chi connectivity index (χ3n) is 4.78. The summed E-state index contributed by atoms with van der Waals surface area (Å²) in [6, 6.07) is 7.68. The van der Waals surface area contributed by atoms with Crippen molar-refractivity contribution in [3.05, 3.63) is 71.8 Å². The SMILES string of the molecule is O=C1SC(=CCCc2cccnc2)C(=O)N1CCCCOc1cccn2ccnc12. The summed E-state index contributed by atoms with van der Waals surface area (Å²) in [5, 5.41) is -0.198. The van der Waals surface area contributed by atoms with Crippen molar-refractivity contribution < 1.29 is 14.3 Å². The number of ether oxygens (including phenoxy) is 1. The molecular weight excluding hydrogens is 400 g/mol. The van der Waals surface area contributed by atoms with Crippen molar-refractivity contribution in [2.45, 2.75) is 25.7 Å². The smallest absolute Gasteiger partial charge is 0.293 e. The summed E-state index contributed by atoms with van der Waals surface area (Å²) in [5.74, 6) is 0.532. The molecule has 0 atom stereocenters. The second kappa shape index (κ2) is 9.58. The minimum absolute atomic E-state index is 0.195. The van der Waals surface area contributed by atoms with Crippen LogP contribution in [-0.4, -0.2) is 43.6 Å². The highest BCUT2D eigenvalue weighted by Gasteiger charge is 2.34. The molecular formula is C22H22N4O3S. The Hall–Kier alpha value is -3.13. The van der Waals surface area contributed by atoms with Crippen molar-refractivity contribution >= 4 is 28.6 Å². The van der Waals surface area contributed by atoms with Crippen LogP contribution in [0.2, 0.25) is 0 Å². The van der Waals surface area contributed by atoms with Crippen LogP contribution in [0.5, 0.6) is 5.75 Å². The van der Waals surface area contributed by atoms with Crippen LogP contribution in [0.25, 0.3) is 5.65 Å². The predicted octanol–water partition coefficient (Wildman–Crippen LogP) is 4.10. The molecule has 0 radical (unpaired) electrons. The zero-order chi connectivity index (χ0) is 20.8. The van der Waals surface area contributed by atoms with Gasteiger partial charge in [0.1, 0.15) is 0 Å². The molecule has 1 aliphatic heterocycles. The predicted molar refractivity (Wildman–Crippen MR) is 115 cm³/mol. The summed E-state index contributed by atoms with van der Waals surface area (Å²) in [5.41, 5.74) is 1.89. The molecule has 0 spiro atoms. The molecule has 1 fully saturated rings. The topological polar surface area (TPSA) is 76.8 Å². The lowest BCUT2D eigenvalue weighted by Crippen LogP contribution is -2.29. The molecule has 1 saturated heterocycles. The van der Waals surface area contributed by atoms with Gasteiger partial charge in [-0.25, -0.2) is 4.98 Å². The van der Waals surface area contributed by atoms with Gasteiger partial charge in [0, 0.05) is 37.5 Å². The fraction of sp³-hybridized carbons (Fsp3) is 0.273. The van der Waals surface area contributed by atoms with Crippen LogP contribution in [-0.2, 0) is 11.2 Å². The number of unbranched alkanes of at least 4 members (excludes halogenated alkanes) is 1. The summed E-state index contributed by atoms with van der Waals surface area (Å²) < 4.78 is 7.72. The van der Waals surface area contributed by atoms with Gasteiger partial charge in [0.2, 0.25) is 0 Å². The van der Waals surface area contributed by atoms with Crippen LogP contribution in [0.3, 0.4) is 0 Å². The number of rotatable bonds is 9. The third-order valence-corrected chi connectivity index (χ3v) is 5.73. The Kier molecular flexibility index (Phi) is 6.44. The second-order valence-corrected chi connectivity index (χ2v) is 7.87. The van der Waals surface area contributed by atoms with E-state index in [4.69, 9.17) is 4.74 Å². The second-order valence-electron chi connectivity index (χ2n) is 6.88. The van der Waals surface area contributed by atoms with E-state index in [0.29, 0.717) is 30.9 Å². The van der Waals surface area contributed by atoms with Crippen LogP contribution >= 0.6 is 11.8 Å². The molecule has 0 unspecified atom stereocenters. The largest absolute Gasteiger partial charge is 0.490 e. The van der Waals surface area contributed by atoms with Gasteiger partial charge in [0.15, 0.2) is 11.4 Å². The molecule has 1 aliphatic rings. The maximum absolute atomic E-state index is 12.5. The first-order valence-electron chi connectivity index (χ1n) is 9.89. The van der Waals surface area contributed by atoms with Crippen LogP contribution in [0.4, 0.5) is 4.79 Å². The number of aryl methyl sites for hydroxylation is 1. The molecule has 3 aromatic heterocycles. The molecule has 8 heteroatoms. The summed E-state index contributed by atoms with van der Waals surface area (Å²) in [7, 11) is 0. The van der Waals surface area contributed by atoms with Crippen LogP contribution < -0.4 is 4.74 Å². The number of allylic oxidation sites excluding steroid dienone is 1. The van der Waals surface area contributed by atoms with Crippen LogP contribution in [0, 0.1) is 0 Å². The number of thioether (sulfide) groups is 1. The Labute approximate surface area is 178 Å². The van der Waals surface area contributed by atoms with E-state index in [2.05, 4.69) is 9.97 Å². The normalized spacial score (nSPS) is 15.5. The van der Waals surface area contributed by atoms with Gasteiger partial charge in [-0.2, -0.15) is 0 Å². The molecule has 3 aromatic rings. The van der Waals surface area contributed by atoms with Crippen molar-refractivity contribution in [1.29, 1.82) is 0 Å².